The van der Waals surface area contributed by atoms with Crippen LogP contribution in [0.1, 0.15) is 19.4 Å². The predicted octanol–water partition coefficient (Wildman–Crippen LogP) is 3.65. The Balaban J connectivity index is 2.17. The number of fused-ring (bicyclic) bond motifs is 1. The fourth-order valence-electron chi connectivity index (χ4n) is 3.31. The molecule has 0 N–H and O–H groups in total. The summed E-state index contributed by atoms with van der Waals surface area (Å²) in [7, 11) is -4.17. The number of hydrogen-bond donors (Lipinski definition) is 0. The maximum absolute atomic E-state index is 13.4. The molecule has 1 aliphatic heterocycles. The van der Waals surface area contributed by atoms with Crippen LogP contribution in [0.25, 0.3) is 0 Å². The molecule has 0 saturated carbocycles. The molecular weight excluding hydrogens is 414 g/mol. The second-order valence-corrected chi connectivity index (χ2v) is 8.79. The molecule has 9 heteroatoms. The van der Waals surface area contributed by atoms with Crippen LogP contribution >= 0.6 is 11.6 Å². The van der Waals surface area contributed by atoms with E-state index in [1.807, 2.05) is 13.8 Å². The van der Waals surface area contributed by atoms with E-state index in [1.54, 1.807) is 36.1 Å². The largest absolute Gasteiger partial charge is 0.343 e. The van der Waals surface area contributed by atoms with Gasteiger partial charge in [-0.2, -0.15) is 4.31 Å². The topological polar surface area (TPSA) is 78.0 Å². The number of carbonyl (C=O) groups excluding carboxylic acids is 2. The van der Waals surface area contributed by atoms with Gasteiger partial charge in [-0.25, -0.2) is 13.2 Å². The van der Waals surface area contributed by atoms with Gasteiger partial charge >= 0.3 is 6.03 Å². The summed E-state index contributed by atoms with van der Waals surface area (Å²) in [4.78, 5) is 28.8. The van der Waals surface area contributed by atoms with Crippen molar-refractivity contribution in [3.63, 3.8) is 0 Å². The molecule has 0 saturated heterocycles. The molecule has 1 heterocycles. The number of urea groups is 1. The summed E-state index contributed by atoms with van der Waals surface area (Å²) < 4.78 is 27.3. The van der Waals surface area contributed by atoms with Gasteiger partial charge in [0.2, 0.25) is 5.91 Å². The van der Waals surface area contributed by atoms with Crippen LogP contribution in [0.5, 0.6) is 0 Å². The zero-order valence-electron chi connectivity index (χ0n) is 16.4. The van der Waals surface area contributed by atoms with Crippen LogP contribution in [0.4, 0.5) is 16.2 Å². The highest BCUT2D eigenvalue weighted by molar-refractivity contribution is 7.94. The molecule has 0 atom stereocenters. The molecule has 3 rings (SSSR count). The van der Waals surface area contributed by atoms with E-state index in [0.717, 1.165) is 4.31 Å². The zero-order valence-corrected chi connectivity index (χ0v) is 18.0. The molecule has 3 amide bonds. The first-order valence-electron chi connectivity index (χ1n) is 9.22. The number of rotatable bonds is 5. The van der Waals surface area contributed by atoms with Crippen LogP contribution in [0.15, 0.2) is 47.4 Å². The zero-order chi connectivity index (χ0) is 21.3. The van der Waals surface area contributed by atoms with Gasteiger partial charge in [-0.05, 0) is 50.6 Å². The molecule has 0 spiro atoms. The molecule has 29 heavy (non-hydrogen) atoms. The predicted molar refractivity (Wildman–Crippen MR) is 113 cm³/mol. The van der Waals surface area contributed by atoms with Crippen molar-refractivity contribution in [2.75, 3.05) is 28.8 Å². The van der Waals surface area contributed by atoms with E-state index in [2.05, 4.69) is 0 Å². The van der Waals surface area contributed by atoms with Crippen LogP contribution < -0.4 is 9.21 Å². The molecule has 2 aromatic rings. The first-order chi connectivity index (χ1) is 13.7. The maximum Gasteiger partial charge on any atom is 0.343 e. The van der Waals surface area contributed by atoms with Crippen molar-refractivity contribution in [3.05, 3.63) is 53.1 Å². The van der Waals surface area contributed by atoms with Gasteiger partial charge in [0.15, 0.2) is 0 Å². The standard InChI is InChI=1S/C20H22ClN3O4S/c1-4-22(5-2)19(25)13-23-16-8-6-7-9-18(16)29(27,28)24(20(23)26)17-12-15(21)11-10-14(17)3/h6-12H,4-5,13H2,1-3H3. The van der Waals surface area contributed by atoms with E-state index in [4.69, 9.17) is 11.6 Å². The fourth-order valence-corrected chi connectivity index (χ4v) is 5.13. The third kappa shape index (κ3) is 3.70. The van der Waals surface area contributed by atoms with Gasteiger partial charge in [-0.3, -0.25) is 9.69 Å². The number of amides is 3. The van der Waals surface area contributed by atoms with Crippen molar-refractivity contribution in [1.29, 1.82) is 0 Å². The number of hydrogen-bond acceptors (Lipinski definition) is 4. The van der Waals surface area contributed by atoms with Crippen molar-refractivity contribution in [1.82, 2.24) is 4.90 Å². The van der Waals surface area contributed by atoms with Gasteiger partial charge in [0.1, 0.15) is 11.4 Å². The summed E-state index contributed by atoms with van der Waals surface area (Å²) >= 11 is 6.07. The molecule has 0 radical (unpaired) electrons. The SMILES string of the molecule is CCN(CC)C(=O)CN1C(=O)N(c2cc(Cl)ccc2C)S(=O)(=O)c2ccccc21. The van der Waals surface area contributed by atoms with Crippen molar-refractivity contribution >= 4 is 44.9 Å². The smallest absolute Gasteiger partial charge is 0.342 e. The molecule has 154 valence electrons. The number of halogens is 1. The average molecular weight is 436 g/mol. The van der Waals surface area contributed by atoms with Gasteiger partial charge in [-0.15, -0.1) is 0 Å². The van der Waals surface area contributed by atoms with Crippen LogP contribution in [0.2, 0.25) is 5.02 Å². The maximum atomic E-state index is 13.4. The second-order valence-electron chi connectivity index (χ2n) is 6.60. The number of aryl methyl sites for hydroxylation is 1. The van der Waals surface area contributed by atoms with Crippen molar-refractivity contribution in [2.24, 2.45) is 0 Å². The first-order valence-corrected chi connectivity index (χ1v) is 11.0. The lowest BCUT2D eigenvalue weighted by atomic mass is 10.2. The van der Waals surface area contributed by atoms with Crippen LogP contribution in [-0.4, -0.2) is 44.9 Å². The van der Waals surface area contributed by atoms with Gasteiger partial charge in [0.25, 0.3) is 10.0 Å². The summed E-state index contributed by atoms with van der Waals surface area (Å²) in [5, 5.41) is 0.304. The van der Waals surface area contributed by atoms with E-state index in [9.17, 15) is 18.0 Å². The summed E-state index contributed by atoms with van der Waals surface area (Å²) in [6.45, 7) is 6.12. The average Bonchev–Trinajstić information content (AvgIpc) is 2.69. The van der Waals surface area contributed by atoms with E-state index in [-0.39, 0.29) is 28.7 Å². The first kappa shape index (κ1) is 21.1. The molecule has 2 aromatic carbocycles. The fraction of sp³-hybridized carbons (Fsp3) is 0.300. The van der Waals surface area contributed by atoms with Gasteiger partial charge < -0.3 is 4.90 Å². The number of nitrogens with zero attached hydrogens (tertiary/aromatic N) is 3. The number of anilines is 2. The third-order valence-electron chi connectivity index (χ3n) is 4.88. The highest BCUT2D eigenvalue weighted by Crippen LogP contribution is 2.38. The van der Waals surface area contributed by atoms with Crippen LogP contribution in [0, 0.1) is 6.92 Å². The number of likely N-dealkylation sites (N-methyl/N-ethyl adjacent to an activating group) is 1. The minimum Gasteiger partial charge on any atom is -0.342 e. The van der Waals surface area contributed by atoms with Gasteiger partial charge in [0.05, 0.1) is 11.4 Å². The summed E-state index contributed by atoms with van der Waals surface area (Å²) in [6, 6.07) is 10.1. The Kier molecular flexibility index (Phi) is 5.86. The Morgan fingerprint density at radius 1 is 1.07 bits per heavy atom. The lowest BCUT2D eigenvalue weighted by molar-refractivity contribution is -0.129. The number of benzene rings is 2. The highest BCUT2D eigenvalue weighted by Gasteiger charge is 2.43. The summed E-state index contributed by atoms with van der Waals surface area (Å²) in [6.07, 6.45) is 0. The molecular formula is C20H22ClN3O4S. The Morgan fingerprint density at radius 3 is 2.38 bits per heavy atom. The van der Waals surface area contributed by atoms with Crippen LogP contribution in [0.3, 0.4) is 0 Å². The number of carbonyl (C=O) groups is 2. The monoisotopic (exact) mass is 435 g/mol. The third-order valence-corrected chi connectivity index (χ3v) is 6.85. The van der Waals surface area contributed by atoms with Crippen molar-refractivity contribution in [3.8, 4) is 0 Å². The van der Waals surface area contributed by atoms with E-state index < -0.39 is 16.1 Å². The molecule has 7 nitrogen and oxygen atoms in total. The lowest BCUT2D eigenvalue weighted by Crippen LogP contribution is -2.54. The van der Waals surface area contributed by atoms with Gasteiger partial charge in [-0.1, -0.05) is 29.8 Å². The van der Waals surface area contributed by atoms with Gasteiger partial charge in [0, 0.05) is 18.1 Å². The van der Waals surface area contributed by atoms with Crippen molar-refractivity contribution < 1.29 is 18.0 Å². The van der Waals surface area contributed by atoms with E-state index in [1.165, 1.54) is 23.1 Å². The minimum absolute atomic E-state index is 0.0358. The molecule has 1 aliphatic rings. The Labute approximate surface area is 175 Å². The van der Waals surface area contributed by atoms with Crippen LogP contribution in [-0.2, 0) is 14.8 Å². The Bertz CT molecular complexity index is 1070. The number of para-hydroxylation sites is 1. The summed E-state index contributed by atoms with van der Waals surface area (Å²) in [5.41, 5.74) is 0.923. The van der Waals surface area contributed by atoms with E-state index >= 15 is 0 Å². The number of sulfonamides is 1. The molecule has 0 fully saturated rings. The highest BCUT2D eigenvalue weighted by atomic mass is 35.5. The second kappa shape index (κ2) is 8.04. The van der Waals surface area contributed by atoms with E-state index in [0.29, 0.717) is 23.7 Å². The summed E-state index contributed by atoms with van der Waals surface area (Å²) in [5.74, 6) is -0.264. The molecule has 0 aliphatic carbocycles. The lowest BCUT2D eigenvalue weighted by Gasteiger charge is -2.37. The Morgan fingerprint density at radius 2 is 1.72 bits per heavy atom. The Hall–Kier alpha value is -2.58. The quantitative estimate of drug-likeness (QED) is 0.718. The molecule has 0 aromatic heterocycles. The normalized spacial score (nSPS) is 15.2. The van der Waals surface area contributed by atoms with Crippen molar-refractivity contribution in [2.45, 2.75) is 25.7 Å². The molecule has 0 unspecified atom stereocenters. The minimum atomic E-state index is -4.17. The molecule has 0 bridgehead atoms.